The third kappa shape index (κ3) is 3.77. The molecule has 0 atom stereocenters. The quantitative estimate of drug-likeness (QED) is 0.860. The molecule has 122 valence electrons. The Bertz CT molecular complexity index is 667. The van der Waals surface area contributed by atoms with E-state index in [-0.39, 0.29) is 29.7 Å². The first-order valence-electron chi connectivity index (χ1n) is 7.16. The first-order valence-corrected chi connectivity index (χ1v) is 7.97. The minimum absolute atomic E-state index is 0. The van der Waals surface area contributed by atoms with Crippen LogP contribution < -0.4 is 11.1 Å². The summed E-state index contributed by atoms with van der Waals surface area (Å²) in [6.07, 6.45) is 1.61. The maximum Gasteiger partial charge on any atom is 0.261 e. The molecule has 2 aromatic rings. The molecule has 22 heavy (non-hydrogen) atoms. The summed E-state index contributed by atoms with van der Waals surface area (Å²) in [6, 6.07) is 4.60. The third-order valence-corrected chi connectivity index (χ3v) is 5.39. The van der Waals surface area contributed by atoms with E-state index in [2.05, 4.69) is 5.32 Å². The fraction of sp³-hybridized carbons (Fsp3) is 0.438. The third-order valence-electron chi connectivity index (χ3n) is 4.11. The van der Waals surface area contributed by atoms with E-state index in [0.29, 0.717) is 11.4 Å². The van der Waals surface area contributed by atoms with Gasteiger partial charge in [-0.15, -0.1) is 23.7 Å². The van der Waals surface area contributed by atoms with Gasteiger partial charge in [0.1, 0.15) is 5.82 Å². The van der Waals surface area contributed by atoms with Crippen LogP contribution in [-0.4, -0.2) is 18.0 Å². The Balaban J connectivity index is 0.00000242. The first-order chi connectivity index (χ1) is 9.90. The van der Waals surface area contributed by atoms with Crippen LogP contribution in [0.4, 0.5) is 4.39 Å². The monoisotopic (exact) mass is 344 g/mol. The predicted molar refractivity (Wildman–Crippen MR) is 93.6 cm³/mol. The van der Waals surface area contributed by atoms with E-state index in [9.17, 15) is 9.18 Å². The second kappa shape index (κ2) is 7.40. The van der Waals surface area contributed by atoms with Crippen LogP contribution in [0.15, 0.2) is 18.2 Å². The van der Waals surface area contributed by atoms with Gasteiger partial charge in [0.2, 0.25) is 0 Å². The van der Waals surface area contributed by atoms with Gasteiger partial charge in [0.25, 0.3) is 5.91 Å². The van der Waals surface area contributed by atoms with Gasteiger partial charge in [0, 0.05) is 16.8 Å². The van der Waals surface area contributed by atoms with E-state index >= 15 is 0 Å². The van der Waals surface area contributed by atoms with Gasteiger partial charge in [0.05, 0.1) is 4.88 Å². The molecule has 6 heteroatoms. The molecule has 1 amide bonds. The molecule has 0 unspecified atom stereocenters. The number of benzene rings is 1. The number of nitrogens with one attached hydrogen (secondary N) is 1. The van der Waals surface area contributed by atoms with Crippen molar-refractivity contribution in [2.45, 2.75) is 39.2 Å². The maximum atomic E-state index is 13.3. The molecule has 3 N–H and O–H groups in total. The van der Waals surface area contributed by atoms with E-state index in [1.807, 2.05) is 20.8 Å². The molecule has 0 bridgehead atoms. The molecule has 1 aromatic heterocycles. The van der Waals surface area contributed by atoms with Gasteiger partial charge < -0.3 is 11.1 Å². The fourth-order valence-corrected chi connectivity index (χ4v) is 3.35. The fourth-order valence-electron chi connectivity index (χ4n) is 2.25. The average Bonchev–Trinajstić information content (AvgIpc) is 2.81. The van der Waals surface area contributed by atoms with Crippen molar-refractivity contribution in [3.8, 4) is 0 Å². The smallest absolute Gasteiger partial charge is 0.261 e. The van der Waals surface area contributed by atoms with Crippen molar-refractivity contribution in [2.24, 2.45) is 5.73 Å². The van der Waals surface area contributed by atoms with Gasteiger partial charge in [-0.3, -0.25) is 4.79 Å². The summed E-state index contributed by atoms with van der Waals surface area (Å²) in [5.41, 5.74) is 6.65. The van der Waals surface area contributed by atoms with Crippen LogP contribution in [0.2, 0.25) is 0 Å². The SMILES string of the molecule is CCC(N)(CC)CNC(=O)c1sc2ccc(F)cc2c1C.Cl. The number of aryl methyl sites for hydroxylation is 1. The largest absolute Gasteiger partial charge is 0.349 e. The zero-order valence-electron chi connectivity index (χ0n) is 13.0. The van der Waals surface area contributed by atoms with Gasteiger partial charge in [0.15, 0.2) is 0 Å². The topological polar surface area (TPSA) is 55.1 Å². The van der Waals surface area contributed by atoms with Gasteiger partial charge in [-0.1, -0.05) is 13.8 Å². The maximum absolute atomic E-state index is 13.3. The molecule has 0 aliphatic heterocycles. The Labute approximate surface area is 140 Å². The molecule has 0 saturated carbocycles. The standard InChI is InChI=1S/C16H21FN2OS.ClH/c1-4-16(18,5-2)9-19-15(20)14-10(3)12-8-11(17)6-7-13(12)21-14;/h6-8H,4-5,9,18H2,1-3H3,(H,19,20);1H. The number of thiophene rings is 1. The summed E-state index contributed by atoms with van der Waals surface area (Å²) in [4.78, 5) is 13.0. The molecular weight excluding hydrogens is 323 g/mol. The van der Waals surface area contributed by atoms with Crippen molar-refractivity contribution < 1.29 is 9.18 Å². The first kappa shape index (κ1) is 18.9. The number of fused-ring (bicyclic) bond motifs is 1. The zero-order valence-corrected chi connectivity index (χ0v) is 14.7. The molecule has 0 aliphatic carbocycles. The number of rotatable bonds is 5. The minimum atomic E-state index is -0.369. The van der Waals surface area contributed by atoms with Gasteiger partial charge >= 0.3 is 0 Å². The lowest BCUT2D eigenvalue weighted by Gasteiger charge is -2.26. The molecule has 0 saturated heterocycles. The highest BCUT2D eigenvalue weighted by Gasteiger charge is 2.23. The Morgan fingerprint density at radius 1 is 1.36 bits per heavy atom. The Morgan fingerprint density at radius 2 is 2.00 bits per heavy atom. The molecule has 0 radical (unpaired) electrons. The van der Waals surface area contributed by atoms with Crippen LogP contribution >= 0.6 is 23.7 Å². The average molecular weight is 345 g/mol. The summed E-state index contributed by atoms with van der Waals surface area (Å²) in [5, 5.41) is 3.71. The van der Waals surface area contributed by atoms with E-state index in [0.717, 1.165) is 28.5 Å². The van der Waals surface area contributed by atoms with Crippen LogP contribution in [0.3, 0.4) is 0 Å². The summed E-state index contributed by atoms with van der Waals surface area (Å²) in [5.74, 6) is -0.417. The number of amides is 1. The lowest BCUT2D eigenvalue weighted by Crippen LogP contribution is -2.49. The highest BCUT2D eigenvalue weighted by atomic mass is 35.5. The Kier molecular flexibility index (Phi) is 6.35. The molecule has 0 fully saturated rings. The number of carbonyl (C=O) groups is 1. The van der Waals surface area contributed by atoms with Gasteiger partial charge in [-0.25, -0.2) is 4.39 Å². The van der Waals surface area contributed by atoms with Crippen molar-refractivity contribution in [2.75, 3.05) is 6.54 Å². The van der Waals surface area contributed by atoms with E-state index < -0.39 is 0 Å². The summed E-state index contributed by atoms with van der Waals surface area (Å²) in [6.45, 7) is 6.33. The van der Waals surface area contributed by atoms with Crippen LogP contribution in [0.1, 0.15) is 41.9 Å². The zero-order chi connectivity index (χ0) is 15.6. The molecule has 1 aromatic carbocycles. The minimum Gasteiger partial charge on any atom is -0.349 e. The molecular formula is C16H22ClFN2OS. The van der Waals surface area contributed by atoms with Crippen LogP contribution in [0, 0.1) is 12.7 Å². The van der Waals surface area contributed by atoms with Crippen molar-refractivity contribution >= 4 is 39.7 Å². The van der Waals surface area contributed by atoms with Crippen molar-refractivity contribution in [3.63, 3.8) is 0 Å². The van der Waals surface area contributed by atoms with Crippen molar-refractivity contribution in [1.82, 2.24) is 5.32 Å². The summed E-state index contributed by atoms with van der Waals surface area (Å²) < 4.78 is 14.2. The van der Waals surface area contributed by atoms with Crippen molar-refractivity contribution in [1.29, 1.82) is 0 Å². The van der Waals surface area contributed by atoms with Gasteiger partial charge in [-0.05, 0) is 48.9 Å². The second-order valence-corrected chi connectivity index (χ2v) is 6.50. The highest BCUT2D eigenvalue weighted by molar-refractivity contribution is 7.21. The van der Waals surface area contributed by atoms with Crippen LogP contribution in [0.25, 0.3) is 10.1 Å². The van der Waals surface area contributed by atoms with Gasteiger partial charge in [-0.2, -0.15) is 0 Å². The van der Waals surface area contributed by atoms with Crippen molar-refractivity contribution in [3.05, 3.63) is 34.5 Å². The number of carbonyl (C=O) groups excluding carboxylic acids is 1. The summed E-state index contributed by atoms with van der Waals surface area (Å²) >= 11 is 1.39. The normalized spacial score (nSPS) is 11.3. The molecule has 0 spiro atoms. The Hall–Kier alpha value is -1.17. The number of hydrogen-bond acceptors (Lipinski definition) is 3. The van der Waals surface area contributed by atoms with Crippen LogP contribution in [-0.2, 0) is 0 Å². The van der Waals surface area contributed by atoms with E-state index in [1.54, 1.807) is 6.07 Å². The number of hydrogen-bond donors (Lipinski definition) is 2. The number of nitrogens with two attached hydrogens (primary N) is 1. The lowest BCUT2D eigenvalue weighted by atomic mass is 9.94. The van der Waals surface area contributed by atoms with E-state index in [4.69, 9.17) is 5.73 Å². The van der Waals surface area contributed by atoms with Crippen LogP contribution in [0.5, 0.6) is 0 Å². The number of halogens is 2. The summed E-state index contributed by atoms with van der Waals surface area (Å²) in [7, 11) is 0. The lowest BCUT2D eigenvalue weighted by molar-refractivity contribution is 0.0946. The molecule has 0 aliphatic rings. The molecule has 2 rings (SSSR count). The highest BCUT2D eigenvalue weighted by Crippen LogP contribution is 2.31. The van der Waals surface area contributed by atoms with E-state index in [1.165, 1.54) is 23.5 Å². The molecule has 1 heterocycles. The molecule has 3 nitrogen and oxygen atoms in total. The predicted octanol–water partition coefficient (Wildman–Crippen LogP) is 4.02. The second-order valence-electron chi connectivity index (χ2n) is 5.45. The Morgan fingerprint density at radius 3 is 2.59 bits per heavy atom.